The molecule has 0 unspecified atom stereocenters. The van der Waals surface area contributed by atoms with E-state index >= 15 is 0 Å². The molecule has 0 saturated carbocycles. The van der Waals surface area contributed by atoms with Gasteiger partial charge in [0, 0.05) is 24.9 Å². The second-order valence-electron chi connectivity index (χ2n) is 5.21. The fourth-order valence-corrected chi connectivity index (χ4v) is 2.95. The van der Waals surface area contributed by atoms with Gasteiger partial charge in [0.1, 0.15) is 5.75 Å². The third kappa shape index (κ3) is 5.98. The number of carbonyl (C=O) groups is 1. The van der Waals surface area contributed by atoms with Gasteiger partial charge < -0.3 is 9.64 Å². The highest BCUT2D eigenvalue weighted by molar-refractivity contribution is 7.09. The quantitative estimate of drug-likeness (QED) is 0.716. The fourth-order valence-electron chi connectivity index (χ4n) is 2.20. The molecule has 6 heteroatoms. The number of hydrogen-bond acceptors (Lipinski definition) is 3. The molecule has 1 aromatic carbocycles. The van der Waals surface area contributed by atoms with Crippen LogP contribution in [0.1, 0.15) is 23.3 Å². The summed E-state index contributed by atoms with van der Waals surface area (Å²) in [5.74, 6) is 0.197. The molecule has 1 aromatic heterocycles. The molecule has 124 valence electrons. The number of thiophene rings is 1. The van der Waals surface area contributed by atoms with E-state index in [0.29, 0.717) is 13.0 Å². The van der Waals surface area contributed by atoms with Crippen LogP contribution in [0.3, 0.4) is 0 Å². The van der Waals surface area contributed by atoms with Gasteiger partial charge >= 0.3 is 6.61 Å². The molecule has 23 heavy (non-hydrogen) atoms. The second kappa shape index (κ2) is 8.62. The molecule has 1 heterocycles. The summed E-state index contributed by atoms with van der Waals surface area (Å²) in [5, 5.41) is 2.03. The Hall–Kier alpha value is -1.95. The van der Waals surface area contributed by atoms with Gasteiger partial charge in [0.2, 0.25) is 5.91 Å². The SMILES string of the molecule is CN(Cc1ccc(OC(F)F)cc1)C(=O)CCCc1cccs1. The van der Waals surface area contributed by atoms with Gasteiger partial charge in [0.25, 0.3) is 0 Å². The smallest absolute Gasteiger partial charge is 0.387 e. The van der Waals surface area contributed by atoms with Crippen molar-refractivity contribution in [1.82, 2.24) is 4.90 Å². The number of nitrogens with zero attached hydrogens (tertiary/aromatic N) is 1. The molecule has 0 saturated heterocycles. The maximum atomic E-state index is 12.1. The zero-order valence-electron chi connectivity index (χ0n) is 12.9. The predicted molar refractivity (Wildman–Crippen MR) is 86.8 cm³/mol. The number of halogens is 2. The number of alkyl halides is 2. The van der Waals surface area contributed by atoms with Crippen LogP contribution in [0.25, 0.3) is 0 Å². The van der Waals surface area contributed by atoms with Gasteiger partial charge in [0.15, 0.2) is 0 Å². The van der Waals surface area contributed by atoms with Crippen molar-refractivity contribution in [2.75, 3.05) is 7.05 Å². The third-order valence-electron chi connectivity index (χ3n) is 3.39. The predicted octanol–water partition coefficient (Wildman–Crippen LogP) is 4.33. The average Bonchev–Trinajstić information content (AvgIpc) is 3.02. The summed E-state index contributed by atoms with van der Waals surface area (Å²) in [6.07, 6.45) is 2.24. The Morgan fingerprint density at radius 1 is 1.26 bits per heavy atom. The van der Waals surface area contributed by atoms with Crippen LogP contribution in [0.2, 0.25) is 0 Å². The molecule has 0 bridgehead atoms. The Morgan fingerprint density at radius 2 is 2.00 bits per heavy atom. The summed E-state index contributed by atoms with van der Waals surface area (Å²) < 4.78 is 28.5. The fraction of sp³-hybridized carbons (Fsp3) is 0.353. The highest BCUT2D eigenvalue weighted by Gasteiger charge is 2.10. The molecule has 0 atom stereocenters. The molecule has 0 spiro atoms. The summed E-state index contributed by atoms with van der Waals surface area (Å²) in [5.41, 5.74) is 0.876. The number of benzene rings is 1. The number of amides is 1. The standard InChI is InChI=1S/C17H19F2NO2S/c1-20(16(21)6-2-4-15-5-3-11-23-15)12-13-7-9-14(10-8-13)22-17(18)19/h3,5,7-11,17H,2,4,6,12H2,1H3. The van der Waals surface area contributed by atoms with Crippen molar-refractivity contribution in [2.24, 2.45) is 0 Å². The van der Waals surface area contributed by atoms with E-state index in [-0.39, 0.29) is 11.7 Å². The lowest BCUT2D eigenvalue weighted by Crippen LogP contribution is -2.25. The summed E-state index contributed by atoms with van der Waals surface area (Å²) >= 11 is 1.70. The lowest BCUT2D eigenvalue weighted by molar-refractivity contribution is -0.130. The zero-order chi connectivity index (χ0) is 16.7. The van der Waals surface area contributed by atoms with Gasteiger partial charge in [-0.1, -0.05) is 18.2 Å². The monoisotopic (exact) mass is 339 g/mol. The van der Waals surface area contributed by atoms with Gasteiger partial charge in [0.05, 0.1) is 0 Å². The van der Waals surface area contributed by atoms with E-state index in [1.807, 2.05) is 11.4 Å². The van der Waals surface area contributed by atoms with Gasteiger partial charge in [-0.3, -0.25) is 4.79 Å². The van der Waals surface area contributed by atoms with Crippen molar-refractivity contribution in [2.45, 2.75) is 32.4 Å². The molecule has 2 aromatic rings. The maximum Gasteiger partial charge on any atom is 0.387 e. The minimum atomic E-state index is -2.83. The van der Waals surface area contributed by atoms with Crippen LogP contribution < -0.4 is 4.74 Å². The van der Waals surface area contributed by atoms with E-state index in [4.69, 9.17) is 0 Å². The van der Waals surface area contributed by atoms with Crippen LogP contribution in [0.5, 0.6) is 5.75 Å². The molecule has 3 nitrogen and oxygen atoms in total. The van der Waals surface area contributed by atoms with Crippen molar-refractivity contribution < 1.29 is 18.3 Å². The van der Waals surface area contributed by atoms with Crippen molar-refractivity contribution in [3.05, 3.63) is 52.2 Å². The van der Waals surface area contributed by atoms with Crippen molar-refractivity contribution in [3.63, 3.8) is 0 Å². The molecule has 1 amide bonds. The molecule has 0 radical (unpaired) electrons. The third-order valence-corrected chi connectivity index (χ3v) is 4.32. The number of aryl methyl sites for hydroxylation is 1. The lowest BCUT2D eigenvalue weighted by atomic mass is 10.1. The first-order valence-corrected chi connectivity index (χ1v) is 8.22. The van der Waals surface area contributed by atoms with Crippen LogP contribution in [0.4, 0.5) is 8.78 Å². The van der Waals surface area contributed by atoms with Crippen LogP contribution >= 0.6 is 11.3 Å². The summed E-state index contributed by atoms with van der Waals surface area (Å²) in [6, 6.07) is 10.4. The first-order chi connectivity index (χ1) is 11.0. The first kappa shape index (κ1) is 17.4. The van der Waals surface area contributed by atoms with E-state index < -0.39 is 6.61 Å². The van der Waals surface area contributed by atoms with E-state index in [1.54, 1.807) is 35.4 Å². The second-order valence-corrected chi connectivity index (χ2v) is 6.24. The maximum absolute atomic E-state index is 12.1. The van der Waals surface area contributed by atoms with E-state index in [9.17, 15) is 13.6 Å². The van der Waals surface area contributed by atoms with Gasteiger partial charge in [-0.15, -0.1) is 11.3 Å². The van der Waals surface area contributed by atoms with Gasteiger partial charge in [-0.05, 0) is 42.0 Å². The van der Waals surface area contributed by atoms with Gasteiger partial charge in [-0.25, -0.2) is 0 Å². The zero-order valence-corrected chi connectivity index (χ0v) is 13.7. The molecular weight excluding hydrogens is 320 g/mol. The lowest BCUT2D eigenvalue weighted by Gasteiger charge is -2.17. The summed E-state index contributed by atoms with van der Waals surface area (Å²) in [6.45, 7) is -2.37. The van der Waals surface area contributed by atoms with E-state index in [0.717, 1.165) is 18.4 Å². The molecule has 0 fully saturated rings. The van der Waals surface area contributed by atoms with Crippen LogP contribution in [-0.4, -0.2) is 24.5 Å². The summed E-state index contributed by atoms with van der Waals surface area (Å²) in [4.78, 5) is 15.0. The average molecular weight is 339 g/mol. The van der Waals surface area contributed by atoms with Crippen molar-refractivity contribution >= 4 is 17.2 Å². The Kier molecular flexibility index (Phi) is 6.52. The molecule has 2 rings (SSSR count). The van der Waals surface area contributed by atoms with Crippen molar-refractivity contribution in [3.8, 4) is 5.75 Å². The Labute approximate surface area is 138 Å². The topological polar surface area (TPSA) is 29.5 Å². The van der Waals surface area contributed by atoms with Crippen LogP contribution in [0, 0.1) is 0 Å². The minimum absolute atomic E-state index is 0.0782. The minimum Gasteiger partial charge on any atom is -0.435 e. The summed E-state index contributed by atoms with van der Waals surface area (Å²) in [7, 11) is 1.75. The van der Waals surface area contributed by atoms with Crippen molar-refractivity contribution in [1.29, 1.82) is 0 Å². The van der Waals surface area contributed by atoms with E-state index in [1.165, 1.54) is 17.0 Å². The molecule has 0 N–H and O–H groups in total. The Balaban J connectivity index is 1.76. The molecule has 0 aliphatic carbocycles. The number of rotatable bonds is 8. The first-order valence-electron chi connectivity index (χ1n) is 7.34. The number of carbonyl (C=O) groups excluding carboxylic acids is 1. The Morgan fingerprint density at radius 3 is 2.61 bits per heavy atom. The molecule has 0 aliphatic heterocycles. The normalized spacial score (nSPS) is 10.8. The Bertz CT molecular complexity index is 600. The largest absolute Gasteiger partial charge is 0.435 e. The number of ether oxygens (including phenoxy) is 1. The molecular formula is C17H19F2NO2S. The van der Waals surface area contributed by atoms with Crippen LogP contribution in [-0.2, 0) is 17.8 Å². The van der Waals surface area contributed by atoms with E-state index in [2.05, 4.69) is 10.8 Å². The van der Waals surface area contributed by atoms with Gasteiger partial charge in [-0.2, -0.15) is 8.78 Å². The highest BCUT2D eigenvalue weighted by atomic mass is 32.1. The molecule has 0 aliphatic rings. The van der Waals surface area contributed by atoms with Crippen LogP contribution in [0.15, 0.2) is 41.8 Å². The highest BCUT2D eigenvalue weighted by Crippen LogP contribution is 2.16. The number of hydrogen-bond donors (Lipinski definition) is 0.